The third-order valence-electron chi connectivity index (χ3n) is 2.77. The Morgan fingerprint density at radius 1 is 1.19 bits per heavy atom. The quantitative estimate of drug-likeness (QED) is 0.747. The Labute approximate surface area is 117 Å². The van der Waals surface area contributed by atoms with E-state index in [9.17, 15) is 27.6 Å². The fraction of sp³-hybridized carbons (Fsp3) is 0.545. The van der Waals surface area contributed by atoms with Gasteiger partial charge in [-0.2, -0.15) is 13.2 Å². The molecule has 0 saturated heterocycles. The van der Waals surface area contributed by atoms with Crippen molar-refractivity contribution in [1.29, 1.82) is 0 Å². The number of nitrogens with zero attached hydrogens (tertiary/aromatic N) is 2. The van der Waals surface area contributed by atoms with E-state index in [1.807, 2.05) is 0 Å². The summed E-state index contributed by atoms with van der Waals surface area (Å²) < 4.78 is 37.3. The van der Waals surface area contributed by atoms with Crippen LogP contribution >= 0.6 is 0 Å². The molecule has 0 fully saturated rings. The minimum atomic E-state index is -4.46. The maximum absolute atomic E-state index is 12.4. The third kappa shape index (κ3) is 4.97. The van der Waals surface area contributed by atoms with Crippen molar-refractivity contribution in [2.45, 2.75) is 12.6 Å². The van der Waals surface area contributed by atoms with Gasteiger partial charge < -0.3 is 20.0 Å². The van der Waals surface area contributed by atoms with E-state index in [-0.39, 0.29) is 13.1 Å². The number of carbonyl (C=O) groups excluding carboxylic acids is 1. The number of hydrogen-bond donors (Lipinski definition) is 2. The molecule has 0 aromatic rings. The molecular formula is C11H13F3N2O5. The molecule has 1 rings (SSSR count). The SMILES string of the molecule is O=C(O)CN(CC(=O)O)C(=O)N1CC=C(C(F)(F)F)CC1. The van der Waals surface area contributed by atoms with Gasteiger partial charge in [-0.3, -0.25) is 9.59 Å². The number of hydrogen-bond acceptors (Lipinski definition) is 3. The van der Waals surface area contributed by atoms with Crippen molar-refractivity contribution < 1.29 is 37.8 Å². The van der Waals surface area contributed by atoms with Crippen LogP contribution in [0.5, 0.6) is 0 Å². The molecule has 0 spiro atoms. The average molecular weight is 310 g/mol. The van der Waals surface area contributed by atoms with Gasteiger partial charge in [0.25, 0.3) is 0 Å². The second-order valence-electron chi connectivity index (χ2n) is 4.35. The topological polar surface area (TPSA) is 98.1 Å². The highest BCUT2D eigenvalue weighted by atomic mass is 19.4. The molecule has 7 nitrogen and oxygen atoms in total. The normalized spacial score (nSPS) is 15.4. The van der Waals surface area contributed by atoms with E-state index in [0.29, 0.717) is 4.90 Å². The highest BCUT2D eigenvalue weighted by molar-refractivity contribution is 5.84. The van der Waals surface area contributed by atoms with E-state index in [0.717, 1.165) is 11.0 Å². The first-order chi connectivity index (χ1) is 9.61. The standard InChI is InChI=1S/C11H13F3N2O5/c12-11(13,14)7-1-3-15(4-2-7)10(21)16(5-8(17)18)6-9(19)20/h1H,2-6H2,(H,17,18)(H,19,20). The van der Waals surface area contributed by atoms with Crippen molar-refractivity contribution in [2.24, 2.45) is 0 Å². The summed E-state index contributed by atoms with van der Waals surface area (Å²) in [6, 6.07) is -0.919. The Bertz CT molecular complexity index is 459. The van der Waals surface area contributed by atoms with Gasteiger partial charge in [0.2, 0.25) is 0 Å². The van der Waals surface area contributed by atoms with Gasteiger partial charge in [-0.25, -0.2) is 4.79 Å². The van der Waals surface area contributed by atoms with E-state index in [1.54, 1.807) is 0 Å². The minimum absolute atomic E-state index is 0.250. The van der Waals surface area contributed by atoms with Gasteiger partial charge in [-0.05, 0) is 6.42 Å². The van der Waals surface area contributed by atoms with Crippen molar-refractivity contribution in [3.05, 3.63) is 11.6 Å². The number of carbonyl (C=O) groups is 3. The molecule has 2 N–H and O–H groups in total. The van der Waals surface area contributed by atoms with Crippen LogP contribution in [0.15, 0.2) is 11.6 Å². The lowest BCUT2D eigenvalue weighted by Gasteiger charge is -2.31. The first-order valence-electron chi connectivity index (χ1n) is 5.85. The monoisotopic (exact) mass is 310 g/mol. The minimum Gasteiger partial charge on any atom is -0.480 e. The number of alkyl halides is 3. The maximum Gasteiger partial charge on any atom is 0.412 e. The average Bonchev–Trinajstić information content (AvgIpc) is 2.35. The molecule has 2 amide bonds. The number of carboxylic acids is 2. The highest BCUT2D eigenvalue weighted by Gasteiger charge is 2.36. The second-order valence-corrected chi connectivity index (χ2v) is 4.35. The van der Waals surface area contributed by atoms with Crippen molar-refractivity contribution in [1.82, 2.24) is 9.80 Å². The van der Waals surface area contributed by atoms with Gasteiger partial charge in [0.15, 0.2) is 0 Å². The first kappa shape index (κ1) is 16.8. The van der Waals surface area contributed by atoms with E-state index in [1.165, 1.54) is 0 Å². The molecule has 0 aromatic heterocycles. The zero-order valence-electron chi connectivity index (χ0n) is 10.8. The lowest BCUT2D eigenvalue weighted by atomic mass is 10.1. The number of rotatable bonds is 4. The summed E-state index contributed by atoms with van der Waals surface area (Å²) in [5, 5.41) is 17.3. The van der Waals surface area contributed by atoms with Crippen LogP contribution in [0.3, 0.4) is 0 Å². The summed E-state index contributed by atoms with van der Waals surface area (Å²) in [6.45, 7) is -2.27. The summed E-state index contributed by atoms with van der Waals surface area (Å²) in [4.78, 5) is 34.7. The molecule has 21 heavy (non-hydrogen) atoms. The van der Waals surface area contributed by atoms with Crippen molar-refractivity contribution in [2.75, 3.05) is 26.2 Å². The summed E-state index contributed by atoms with van der Waals surface area (Å²) in [5.41, 5.74) is -0.755. The van der Waals surface area contributed by atoms with Crippen LogP contribution in [0.1, 0.15) is 6.42 Å². The Balaban J connectivity index is 2.75. The summed E-state index contributed by atoms with van der Waals surface area (Å²) in [5.74, 6) is -2.82. The van der Waals surface area contributed by atoms with Crippen molar-refractivity contribution >= 4 is 18.0 Å². The van der Waals surface area contributed by atoms with Crippen LogP contribution in [-0.4, -0.2) is 70.3 Å². The zero-order chi connectivity index (χ0) is 16.2. The van der Waals surface area contributed by atoms with Gasteiger partial charge in [0.05, 0.1) is 0 Å². The summed E-state index contributed by atoms with van der Waals surface area (Å²) in [6.07, 6.45) is -4.04. The molecule has 1 aliphatic rings. The van der Waals surface area contributed by atoms with Gasteiger partial charge in [0, 0.05) is 18.7 Å². The molecule has 0 atom stereocenters. The number of carboxylic acid groups (broad SMARTS) is 2. The molecule has 1 aliphatic heterocycles. The fourth-order valence-corrected chi connectivity index (χ4v) is 1.82. The van der Waals surface area contributed by atoms with Gasteiger partial charge in [0.1, 0.15) is 13.1 Å². The molecule has 0 radical (unpaired) electrons. The van der Waals surface area contributed by atoms with E-state index < -0.39 is 49.2 Å². The summed E-state index contributed by atoms with van der Waals surface area (Å²) in [7, 11) is 0. The fourth-order valence-electron chi connectivity index (χ4n) is 1.82. The molecule has 0 aromatic carbocycles. The van der Waals surface area contributed by atoms with Crippen LogP contribution < -0.4 is 0 Å². The molecule has 0 aliphatic carbocycles. The molecule has 0 bridgehead atoms. The Morgan fingerprint density at radius 2 is 1.71 bits per heavy atom. The van der Waals surface area contributed by atoms with Crippen LogP contribution in [0.2, 0.25) is 0 Å². The molecule has 118 valence electrons. The van der Waals surface area contributed by atoms with Gasteiger partial charge in [-0.1, -0.05) is 6.08 Å². The number of amides is 2. The zero-order valence-corrected chi connectivity index (χ0v) is 10.8. The molecular weight excluding hydrogens is 297 g/mol. The number of aliphatic carboxylic acids is 2. The van der Waals surface area contributed by atoms with Crippen LogP contribution in [0, 0.1) is 0 Å². The summed E-state index contributed by atoms with van der Waals surface area (Å²) >= 11 is 0. The Kier molecular flexibility index (Phi) is 5.17. The smallest absolute Gasteiger partial charge is 0.412 e. The van der Waals surface area contributed by atoms with Crippen LogP contribution in [0.4, 0.5) is 18.0 Å². The number of halogens is 3. The predicted octanol–water partition coefficient (Wildman–Crippen LogP) is 0.772. The molecule has 0 unspecified atom stereocenters. The van der Waals surface area contributed by atoms with Crippen molar-refractivity contribution in [3.63, 3.8) is 0 Å². The largest absolute Gasteiger partial charge is 0.480 e. The lowest BCUT2D eigenvalue weighted by Crippen LogP contribution is -2.49. The molecule has 1 heterocycles. The van der Waals surface area contributed by atoms with E-state index in [2.05, 4.69) is 0 Å². The van der Waals surface area contributed by atoms with E-state index in [4.69, 9.17) is 10.2 Å². The first-order valence-corrected chi connectivity index (χ1v) is 5.85. The molecule has 10 heteroatoms. The Hall–Kier alpha value is -2.26. The lowest BCUT2D eigenvalue weighted by molar-refractivity contribution is -0.140. The molecule has 0 saturated carbocycles. The number of urea groups is 1. The van der Waals surface area contributed by atoms with Gasteiger partial charge >= 0.3 is 24.1 Å². The third-order valence-corrected chi connectivity index (χ3v) is 2.77. The predicted molar refractivity (Wildman–Crippen MR) is 62.6 cm³/mol. The van der Waals surface area contributed by atoms with Gasteiger partial charge in [-0.15, -0.1) is 0 Å². The van der Waals surface area contributed by atoms with Crippen LogP contribution in [-0.2, 0) is 9.59 Å². The van der Waals surface area contributed by atoms with E-state index >= 15 is 0 Å². The maximum atomic E-state index is 12.4. The Morgan fingerprint density at radius 3 is 2.05 bits per heavy atom. The van der Waals surface area contributed by atoms with Crippen molar-refractivity contribution in [3.8, 4) is 0 Å². The van der Waals surface area contributed by atoms with Crippen LogP contribution in [0.25, 0.3) is 0 Å². The highest BCUT2D eigenvalue weighted by Crippen LogP contribution is 2.30. The second kappa shape index (κ2) is 6.46.